The van der Waals surface area contributed by atoms with Crippen LogP contribution in [0.1, 0.15) is 48.3 Å². The zero-order valence-electron chi connectivity index (χ0n) is 10.0. The fourth-order valence-electron chi connectivity index (χ4n) is 2.04. The van der Waals surface area contributed by atoms with Crippen molar-refractivity contribution in [2.45, 2.75) is 39.4 Å². The summed E-state index contributed by atoms with van der Waals surface area (Å²) in [5, 5.41) is 0. The second kappa shape index (κ2) is 3.91. The molecule has 0 saturated heterocycles. The number of benzene rings is 1. The summed E-state index contributed by atoms with van der Waals surface area (Å²) >= 11 is 0. The van der Waals surface area contributed by atoms with Gasteiger partial charge >= 0.3 is 0 Å². The highest BCUT2D eigenvalue weighted by Gasteiger charge is 2.29. The van der Waals surface area contributed by atoms with Gasteiger partial charge in [-0.25, -0.2) is 0 Å². The minimum Gasteiger partial charge on any atom is -0.332 e. The maximum absolute atomic E-state index is 12.1. The first-order valence-corrected chi connectivity index (χ1v) is 5.70. The van der Waals surface area contributed by atoms with Crippen molar-refractivity contribution in [3.05, 3.63) is 34.9 Å². The molecule has 0 fully saturated rings. The van der Waals surface area contributed by atoms with E-state index < -0.39 is 0 Å². The Hall–Kier alpha value is -1.35. The van der Waals surface area contributed by atoms with E-state index in [-0.39, 0.29) is 18.0 Å². The van der Waals surface area contributed by atoms with Gasteiger partial charge in [0.05, 0.1) is 0 Å². The lowest BCUT2D eigenvalue weighted by Gasteiger charge is -2.19. The van der Waals surface area contributed by atoms with Crippen LogP contribution in [0, 0.1) is 0 Å². The highest BCUT2D eigenvalue weighted by molar-refractivity contribution is 5.98. The van der Waals surface area contributed by atoms with Crippen molar-refractivity contribution in [3.63, 3.8) is 0 Å². The largest absolute Gasteiger partial charge is 0.332 e. The summed E-state index contributed by atoms with van der Waals surface area (Å²) in [5.41, 5.74) is 8.79. The number of hydrogen-bond donors (Lipinski definition) is 1. The molecule has 0 radical (unpaired) electrons. The van der Waals surface area contributed by atoms with Gasteiger partial charge in [0.1, 0.15) is 0 Å². The molecule has 2 N–H and O–H groups in total. The van der Waals surface area contributed by atoms with E-state index >= 15 is 0 Å². The summed E-state index contributed by atoms with van der Waals surface area (Å²) in [5.74, 6) is 0.132. The predicted octanol–water partition coefficient (Wildman–Crippen LogP) is 2.07. The third kappa shape index (κ3) is 1.71. The summed E-state index contributed by atoms with van der Waals surface area (Å²) in [6.07, 6.45) is 0. The number of nitrogens with zero attached hydrogens (tertiary/aromatic N) is 1. The molecular formula is C13H18N2O. The summed E-state index contributed by atoms with van der Waals surface area (Å²) in [6.45, 7) is 6.74. The lowest BCUT2D eigenvalue weighted by atomic mass is 10.0. The van der Waals surface area contributed by atoms with Gasteiger partial charge < -0.3 is 10.6 Å². The van der Waals surface area contributed by atoms with E-state index in [1.165, 1.54) is 0 Å². The molecule has 1 aliphatic rings. The molecule has 0 bridgehead atoms. The summed E-state index contributed by atoms with van der Waals surface area (Å²) in [4.78, 5) is 14.0. The summed E-state index contributed by atoms with van der Waals surface area (Å²) in [6, 6.07) is 6.20. The molecular weight excluding hydrogens is 200 g/mol. The van der Waals surface area contributed by atoms with Crippen LogP contribution in [-0.2, 0) is 6.54 Å². The Bertz CT molecular complexity index is 424. The molecule has 16 heavy (non-hydrogen) atoms. The number of nitrogens with two attached hydrogens (primary N) is 1. The SMILES string of the molecule is CC(N)c1ccc2c(c1)C(=O)N(C(C)C)C2. The van der Waals surface area contributed by atoms with E-state index in [4.69, 9.17) is 5.73 Å². The molecule has 1 heterocycles. The van der Waals surface area contributed by atoms with E-state index in [1.807, 2.05) is 43.9 Å². The van der Waals surface area contributed by atoms with Crippen LogP contribution in [0.15, 0.2) is 18.2 Å². The Labute approximate surface area is 96.2 Å². The zero-order chi connectivity index (χ0) is 11.9. The molecule has 1 aromatic carbocycles. The third-order valence-electron chi connectivity index (χ3n) is 3.12. The Morgan fingerprint density at radius 1 is 1.31 bits per heavy atom. The van der Waals surface area contributed by atoms with Gasteiger partial charge in [0.2, 0.25) is 0 Å². The first kappa shape index (κ1) is 11.1. The number of rotatable bonds is 2. The first-order valence-electron chi connectivity index (χ1n) is 5.70. The van der Waals surface area contributed by atoms with Crippen LogP contribution in [0.4, 0.5) is 0 Å². The van der Waals surface area contributed by atoms with Gasteiger partial charge in [-0.05, 0) is 38.0 Å². The fourth-order valence-corrected chi connectivity index (χ4v) is 2.04. The lowest BCUT2D eigenvalue weighted by Crippen LogP contribution is -2.30. The van der Waals surface area contributed by atoms with Crippen LogP contribution < -0.4 is 5.73 Å². The lowest BCUT2D eigenvalue weighted by molar-refractivity contribution is 0.0730. The molecule has 3 nitrogen and oxygen atoms in total. The second-order valence-corrected chi connectivity index (χ2v) is 4.73. The number of carbonyl (C=O) groups excluding carboxylic acids is 1. The Balaban J connectivity index is 2.38. The molecule has 1 unspecified atom stereocenters. The molecule has 0 saturated carbocycles. The smallest absolute Gasteiger partial charge is 0.254 e. The van der Waals surface area contributed by atoms with Crippen molar-refractivity contribution in [3.8, 4) is 0 Å². The van der Waals surface area contributed by atoms with Gasteiger partial charge in [-0.1, -0.05) is 12.1 Å². The van der Waals surface area contributed by atoms with Crippen molar-refractivity contribution in [2.24, 2.45) is 5.73 Å². The normalized spacial score (nSPS) is 16.8. The minimum absolute atomic E-state index is 0.0220. The number of fused-ring (bicyclic) bond motifs is 1. The van der Waals surface area contributed by atoms with Crippen molar-refractivity contribution in [2.75, 3.05) is 0 Å². The molecule has 86 valence electrons. The molecule has 0 spiro atoms. The van der Waals surface area contributed by atoms with Crippen molar-refractivity contribution in [1.82, 2.24) is 4.90 Å². The van der Waals surface area contributed by atoms with Gasteiger partial charge in [0, 0.05) is 24.2 Å². The Morgan fingerprint density at radius 3 is 2.56 bits per heavy atom. The van der Waals surface area contributed by atoms with Crippen LogP contribution in [0.3, 0.4) is 0 Å². The van der Waals surface area contributed by atoms with Gasteiger partial charge in [0.15, 0.2) is 0 Å². The fraction of sp³-hybridized carbons (Fsp3) is 0.462. The number of carbonyl (C=O) groups is 1. The maximum Gasteiger partial charge on any atom is 0.254 e. The average Bonchev–Trinajstić information content (AvgIpc) is 2.56. The molecule has 1 atom stereocenters. The highest BCUT2D eigenvalue weighted by Crippen LogP contribution is 2.26. The maximum atomic E-state index is 12.1. The van der Waals surface area contributed by atoms with Crippen LogP contribution >= 0.6 is 0 Å². The molecule has 1 aliphatic heterocycles. The first-order chi connectivity index (χ1) is 7.50. The second-order valence-electron chi connectivity index (χ2n) is 4.73. The van der Waals surface area contributed by atoms with Gasteiger partial charge in [-0.3, -0.25) is 4.79 Å². The van der Waals surface area contributed by atoms with Gasteiger partial charge in [-0.15, -0.1) is 0 Å². The van der Waals surface area contributed by atoms with Gasteiger partial charge in [0.25, 0.3) is 5.91 Å². The molecule has 2 rings (SSSR count). The standard InChI is InChI=1S/C13H18N2O/c1-8(2)15-7-11-5-4-10(9(3)14)6-12(11)13(15)16/h4-6,8-9H,7,14H2,1-3H3. The molecule has 0 aromatic heterocycles. The van der Waals surface area contributed by atoms with E-state index in [1.54, 1.807) is 0 Å². The number of hydrogen-bond acceptors (Lipinski definition) is 2. The Morgan fingerprint density at radius 2 is 2.00 bits per heavy atom. The van der Waals surface area contributed by atoms with E-state index in [9.17, 15) is 4.79 Å². The van der Waals surface area contributed by atoms with Crippen LogP contribution in [-0.4, -0.2) is 16.8 Å². The molecule has 3 heteroatoms. The van der Waals surface area contributed by atoms with Crippen LogP contribution in [0.2, 0.25) is 0 Å². The average molecular weight is 218 g/mol. The van der Waals surface area contributed by atoms with Gasteiger partial charge in [-0.2, -0.15) is 0 Å². The van der Waals surface area contributed by atoms with E-state index in [0.29, 0.717) is 0 Å². The number of amides is 1. The molecule has 1 amide bonds. The third-order valence-corrected chi connectivity index (χ3v) is 3.12. The van der Waals surface area contributed by atoms with Crippen molar-refractivity contribution in [1.29, 1.82) is 0 Å². The summed E-state index contributed by atoms with van der Waals surface area (Å²) in [7, 11) is 0. The highest BCUT2D eigenvalue weighted by atomic mass is 16.2. The predicted molar refractivity (Wildman–Crippen MR) is 64.1 cm³/mol. The topological polar surface area (TPSA) is 46.3 Å². The van der Waals surface area contributed by atoms with Crippen molar-refractivity contribution >= 4 is 5.91 Å². The van der Waals surface area contributed by atoms with E-state index in [0.717, 1.165) is 23.2 Å². The van der Waals surface area contributed by atoms with Crippen LogP contribution in [0.25, 0.3) is 0 Å². The molecule has 0 aliphatic carbocycles. The van der Waals surface area contributed by atoms with Crippen LogP contribution in [0.5, 0.6) is 0 Å². The van der Waals surface area contributed by atoms with E-state index in [2.05, 4.69) is 0 Å². The zero-order valence-corrected chi connectivity index (χ0v) is 10.0. The quantitative estimate of drug-likeness (QED) is 0.826. The van der Waals surface area contributed by atoms with Crippen molar-refractivity contribution < 1.29 is 4.79 Å². The monoisotopic (exact) mass is 218 g/mol. The molecule has 1 aromatic rings. The summed E-state index contributed by atoms with van der Waals surface area (Å²) < 4.78 is 0. The minimum atomic E-state index is -0.0220. The Kier molecular flexibility index (Phi) is 2.72.